The zero-order valence-electron chi connectivity index (χ0n) is 82.7. The second-order valence-electron chi connectivity index (χ2n) is 37.7. The van der Waals surface area contributed by atoms with E-state index in [1.165, 1.54) is 88.3 Å². The molecule has 4 aromatic heterocycles. The third-order valence-corrected chi connectivity index (χ3v) is 26.4. The van der Waals surface area contributed by atoms with Crippen molar-refractivity contribution in [3.05, 3.63) is 431 Å². The van der Waals surface area contributed by atoms with Gasteiger partial charge in [0.25, 0.3) is 0 Å². The summed E-state index contributed by atoms with van der Waals surface area (Å²) in [6, 6.07) is 106. The predicted molar refractivity (Wildman–Crippen MR) is 522 cm³/mol. The van der Waals surface area contributed by atoms with E-state index in [0.717, 1.165) is 88.4 Å². The summed E-state index contributed by atoms with van der Waals surface area (Å²) in [5.74, 6) is 0. The Kier molecular flexibility index (Phi) is 16.5. The number of rotatable bonds is 14. The lowest BCUT2D eigenvalue weighted by molar-refractivity contribution is 0.590. The molecule has 0 N–H and O–H groups in total. The number of nitrogens with zero attached hydrogens (tertiary/aromatic N) is 4. The van der Waals surface area contributed by atoms with Crippen LogP contribution in [0.4, 0.5) is 0 Å². The van der Waals surface area contributed by atoms with Crippen LogP contribution in [0.3, 0.4) is 0 Å². The Balaban J connectivity index is 0.000000171. The van der Waals surface area contributed by atoms with Crippen LogP contribution in [-0.2, 0) is 32.5 Å². The largest absolute Gasteiger partial charge is 0.309 e. The van der Waals surface area contributed by atoms with Crippen molar-refractivity contribution in [1.29, 1.82) is 0 Å². The van der Waals surface area contributed by atoms with Gasteiger partial charge in [0.15, 0.2) is 0 Å². The molecule has 600 valence electrons. The van der Waals surface area contributed by atoms with Crippen molar-refractivity contribution >= 4 is 87.2 Å². The van der Waals surface area contributed by atoms with Crippen LogP contribution < -0.4 is 0 Å². The average Bonchev–Trinajstić information content (AvgIpc) is 1.57. The van der Waals surface area contributed by atoms with E-state index in [4.69, 9.17) is 13.7 Å². The van der Waals surface area contributed by atoms with Crippen LogP contribution >= 0.6 is 0 Å². The van der Waals surface area contributed by atoms with Crippen molar-refractivity contribution in [2.24, 2.45) is 0 Å². The van der Waals surface area contributed by atoms with Gasteiger partial charge in [-0.05, 0) is 236 Å². The van der Waals surface area contributed by atoms with E-state index in [2.05, 4.69) is 402 Å². The normalized spacial score (nSPS) is 13.7. The van der Waals surface area contributed by atoms with Crippen molar-refractivity contribution < 1.29 is 13.7 Å². The molecule has 0 radical (unpaired) electrons. The van der Waals surface area contributed by atoms with Gasteiger partial charge >= 0.3 is 0 Å². The molecule has 16 aromatic carbocycles. The molecule has 4 heterocycles. The van der Waals surface area contributed by atoms with E-state index in [1.807, 2.05) is 30.3 Å². The molecule has 0 saturated carbocycles. The fraction of sp³-hybridized carbons (Fsp3) is 0.186. The van der Waals surface area contributed by atoms with Crippen molar-refractivity contribution in [2.75, 3.05) is 0 Å². The van der Waals surface area contributed by atoms with Gasteiger partial charge in [0.05, 0.1) is 57.8 Å². The molecule has 0 aliphatic carbocycles. The minimum atomic E-state index is -0.404. The average molecular weight is 1590 g/mol. The number of aryl methyl sites for hydroxylation is 2. The zero-order valence-corrected chi connectivity index (χ0v) is 72.7. The third kappa shape index (κ3) is 13.7. The fourth-order valence-electron chi connectivity index (χ4n) is 18.7. The Morgan fingerprint density at radius 2 is 0.434 bits per heavy atom. The standard InChI is InChI=1S/C62H60N2.C56H48N2/c1-59(2,3)45-27-31-56-52(38-45)53-39-46(60(4,5)6)28-32-57(53)63(56)49-29-33-58-54(40-49)51-34-42(41-20-14-11-15-21-41)26-30-55(51)64(58)50-36-47(61(7,8)43-22-16-12-17-23-43)35-48(37-50)62(9,10)44-24-18-13-19-25-44;1-37-22-26-51-47(30-37)48-31-38(2)23-27-52(48)57(51)45-25-29-54-50(36-45)49-32-40(39-16-10-7-11-17-39)24-28-53(49)58(54)46-34-43(55(3,4)41-18-12-8-13-19-41)33-44(35-46)56(5,6)42-20-14-9-15-21-42/h11-40H,1-10H3;7-36H,1-6H3/i11D,14D,15D,20D,21D;7D,10D,11D,16D,17D. The summed E-state index contributed by atoms with van der Waals surface area (Å²) in [4.78, 5) is 0. The molecule has 20 rings (SSSR count). The quantitative estimate of drug-likeness (QED) is 0.103. The van der Waals surface area contributed by atoms with Crippen LogP contribution in [0, 0.1) is 13.8 Å². The highest BCUT2D eigenvalue weighted by atomic mass is 15.0. The van der Waals surface area contributed by atoms with Crippen LogP contribution in [0.2, 0.25) is 0 Å². The first-order valence-corrected chi connectivity index (χ1v) is 42.7. The maximum Gasteiger partial charge on any atom is 0.0629 e. The second kappa shape index (κ2) is 29.9. The Morgan fingerprint density at radius 3 is 0.730 bits per heavy atom. The van der Waals surface area contributed by atoms with Gasteiger partial charge in [0.2, 0.25) is 0 Å². The van der Waals surface area contributed by atoms with Crippen molar-refractivity contribution in [3.8, 4) is 45.0 Å². The first-order valence-electron chi connectivity index (χ1n) is 47.7. The SMILES string of the molecule is [2H]c1c([2H])c([2H])c(-c2ccc3c(c2)c2cc(-n4c5ccc(C(C)(C)C)cc5c5cc(C(C)(C)C)ccc54)ccc2n3-c2cc(C(C)(C)c3ccccc3)cc(C(C)(C)c3ccccc3)c2)c([2H])c1[2H].[2H]c1c([2H])c([2H])c(-c2ccc3c(c2)c2cc(-n4c5ccc(C)cc5c5cc(C)ccc54)ccc2n3-c2cc(C(C)(C)c3ccccc3)cc(C(C)(C)c3ccccc3)c2)c([2H])c1[2H]. The molecule has 0 unspecified atom stereocenters. The molecule has 4 nitrogen and oxygen atoms in total. The summed E-state index contributed by atoms with van der Waals surface area (Å²) < 4.78 is 96.1. The Hall–Kier alpha value is -13.3. The van der Waals surface area contributed by atoms with Gasteiger partial charge in [-0.1, -0.05) is 338 Å². The van der Waals surface area contributed by atoms with Crippen molar-refractivity contribution in [1.82, 2.24) is 18.3 Å². The molecule has 122 heavy (non-hydrogen) atoms. The Bertz CT molecular complexity index is 7760. The highest BCUT2D eigenvalue weighted by molar-refractivity contribution is 6.15. The van der Waals surface area contributed by atoms with Crippen LogP contribution in [0.1, 0.15) is 177 Å². The van der Waals surface area contributed by atoms with E-state index >= 15 is 0 Å². The van der Waals surface area contributed by atoms with Crippen LogP contribution in [0.15, 0.2) is 364 Å². The van der Waals surface area contributed by atoms with Gasteiger partial charge < -0.3 is 18.3 Å². The molecule has 0 aliphatic rings. The van der Waals surface area contributed by atoms with E-state index in [-0.39, 0.29) is 92.0 Å². The summed E-state index contributed by atoms with van der Waals surface area (Å²) in [7, 11) is 0. The number of aromatic nitrogens is 4. The maximum absolute atomic E-state index is 9.00. The molecule has 0 aliphatic heterocycles. The van der Waals surface area contributed by atoms with Gasteiger partial charge in [-0.2, -0.15) is 0 Å². The molecule has 0 amide bonds. The Morgan fingerprint density at radius 1 is 0.189 bits per heavy atom. The molecule has 0 bridgehead atoms. The molecular weight excluding hydrogens is 1470 g/mol. The summed E-state index contributed by atoms with van der Waals surface area (Å²) in [5, 5.41) is 8.63. The van der Waals surface area contributed by atoms with E-state index in [0.29, 0.717) is 11.1 Å². The second-order valence-corrected chi connectivity index (χ2v) is 37.7. The van der Waals surface area contributed by atoms with Crippen LogP contribution in [-0.4, -0.2) is 18.3 Å². The number of hydrogen-bond donors (Lipinski definition) is 0. The molecule has 0 fully saturated rings. The van der Waals surface area contributed by atoms with E-state index < -0.39 is 12.1 Å². The van der Waals surface area contributed by atoms with Gasteiger partial charge in [-0.25, -0.2) is 0 Å². The maximum atomic E-state index is 9.00. The first kappa shape index (κ1) is 67.5. The lowest BCUT2D eigenvalue weighted by atomic mass is 9.73. The molecular formula is C118H108N4. The zero-order chi connectivity index (χ0) is 93.2. The minimum absolute atomic E-state index is 0.0350. The third-order valence-electron chi connectivity index (χ3n) is 26.4. The predicted octanol–water partition coefficient (Wildman–Crippen LogP) is 31.6. The highest BCUT2D eigenvalue weighted by Gasteiger charge is 2.34. The topological polar surface area (TPSA) is 19.7 Å². The molecule has 20 aromatic rings. The van der Waals surface area contributed by atoms with Crippen LogP contribution in [0.25, 0.3) is 132 Å². The summed E-state index contributed by atoms with van der Waals surface area (Å²) >= 11 is 0. The molecule has 4 heteroatoms. The van der Waals surface area contributed by atoms with E-state index in [9.17, 15) is 0 Å². The van der Waals surface area contributed by atoms with Gasteiger partial charge in [0.1, 0.15) is 0 Å². The lowest BCUT2D eigenvalue weighted by Gasteiger charge is -2.32. The van der Waals surface area contributed by atoms with Crippen molar-refractivity contribution in [3.63, 3.8) is 0 Å². The number of hydrogen-bond acceptors (Lipinski definition) is 0. The van der Waals surface area contributed by atoms with E-state index in [1.54, 1.807) is 0 Å². The minimum Gasteiger partial charge on any atom is -0.309 e. The number of benzene rings is 16. The monoisotopic (exact) mass is 1590 g/mol. The summed E-state index contributed by atoms with van der Waals surface area (Å²) in [6.07, 6.45) is 0. The fourth-order valence-corrected chi connectivity index (χ4v) is 18.7. The van der Waals surface area contributed by atoms with Gasteiger partial charge in [-0.15, -0.1) is 0 Å². The lowest BCUT2D eigenvalue weighted by Crippen LogP contribution is -2.23. The smallest absolute Gasteiger partial charge is 0.0629 e. The molecule has 0 spiro atoms. The van der Waals surface area contributed by atoms with Gasteiger partial charge in [0, 0.05) is 87.5 Å². The Labute approximate surface area is 733 Å². The van der Waals surface area contributed by atoms with Crippen molar-refractivity contribution in [2.45, 2.75) is 143 Å². The summed E-state index contributed by atoms with van der Waals surface area (Å²) in [5.41, 5.74) is 27.0. The molecule has 0 atom stereocenters. The number of fused-ring (bicyclic) bond motifs is 12. The molecule has 0 saturated heterocycles. The first-order chi connectivity index (χ1) is 62.7. The summed E-state index contributed by atoms with van der Waals surface area (Å²) in [6.45, 7) is 36.2. The van der Waals surface area contributed by atoms with Crippen LogP contribution in [0.5, 0.6) is 0 Å². The van der Waals surface area contributed by atoms with Gasteiger partial charge in [-0.3, -0.25) is 0 Å². The highest BCUT2D eigenvalue weighted by Crippen LogP contribution is 2.48.